The van der Waals surface area contributed by atoms with E-state index in [1.54, 1.807) is 34.3 Å². The molecule has 0 saturated carbocycles. The number of nitrogens with one attached hydrogen (secondary N) is 3. The highest BCUT2D eigenvalue weighted by atomic mass is 79.9. The quantitative estimate of drug-likeness (QED) is 0.102. The van der Waals surface area contributed by atoms with Gasteiger partial charge in [0, 0.05) is 82.0 Å². The van der Waals surface area contributed by atoms with E-state index in [4.69, 9.17) is 25.5 Å². The van der Waals surface area contributed by atoms with E-state index < -0.39 is 36.0 Å². The van der Waals surface area contributed by atoms with Gasteiger partial charge in [0.25, 0.3) is 0 Å². The SMILES string of the molecule is NCCCC[C@H](NC(=O)[C@@H](Cc1cc(Br)c(O)c(Br)c1)NC(=O)N1CCC(N2Cc3ccccc3NC2=O)CC1)C(=O)N1CCN(c2ccncc2)CC1.O=C(O)C(=O)O. The molecule has 20 heteroatoms. The molecule has 6 rings (SSSR count). The Morgan fingerprint density at radius 2 is 1.48 bits per heavy atom. The molecule has 3 aliphatic heterocycles. The van der Waals surface area contributed by atoms with E-state index in [0.29, 0.717) is 99.0 Å². The second-order valence-electron chi connectivity index (χ2n) is 14.5. The molecular formula is C40H49Br2N9O9. The van der Waals surface area contributed by atoms with Crippen molar-refractivity contribution in [3.63, 3.8) is 0 Å². The Morgan fingerprint density at radius 1 is 0.850 bits per heavy atom. The minimum Gasteiger partial charge on any atom is -0.506 e. The summed E-state index contributed by atoms with van der Waals surface area (Å²) in [5.74, 6) is -4.28. The average Bonchev–Trinajstić information content (AvgIpc) is 3.25. The van der Waals surface area contributed by atoms with Gasteiger partial charge in [-0.15, -0.1) is 0 Å². The van der Waals surface area contributed by atoms with Crippen LogP contribution < -0.4 is 26.6 Å². The number of likely N-dealkylation sites (tertiary alicyclic amines) is 1. The van der Waals surface area contributed by atoms with Gasteiger partial charge in [0.15, 0.2) is 0 Å². The van der Waals surface area contributed by atoms with Gasteiger partial charge in [0.1, 0.15) is 17.8 Å². The Labute approximate surface area is 363 Å². The number of hydrogen-bond donors (Lipinski definition) is 7. The van der Waals surface area contributed by atoms with Crippen molar-refractivity contribution in [2.75, 3.05) is 56.0 Å². The number of unbranched alkanes of at least 4 members (excludes halogenated alkanes) is 1. The maximum atomic E-state index is 14.2. The van der Waals surface area contributed by atoms with Gasteiger partial charge < -0.3 is 56.6 Å². The summed E-state index contributed by atoms with van der Waals surface area (Å²) in [5.41, 5.74) is 9.38. The number of amides is 6. The minimum atomic E-state index is -1.82. The number of carbonyl (C=O) groups is 6. The molecule has 0 spiro atoms. The van der Waals surface area contributed by atoms with Gasteiger partial charge in [-0.2, -0.15) is 0 Å². The zero-order chi connectivity index (χ0) is 43.3. The molecule has 3 aliphatic rings. The summed E-state index contributed by atoms with van der Waals surface area (Å²) < 4.78 is 0.870. The zero-order valence-corrected chi connectivity index (χ0v) is 35.9. The molecule has 0 radical (unpaired) electrons. The fraction of sp³-hybridized carbons (Fsp3) is 0.425. The second kappa shape index (κ2) is 21.7. The predicted octanol–water partition coefficient (Wildman–Crippen LogP) is 3.56. The summed E-state index contributed by atoms with van der Waals surface area (Å²) >= 11 is 6.74. The summed E-state index contributed by atoms with van der Waals surface area (Å²) in [4.78, 5) is 84.7. The van der Waals surface area contributed by atoms with Crippen LogP contribution in [0.3, 0.4) is 0 Å². The number of nitrogens with two attached hydrogens (primary N) is 1. The third-order valence-electron chi connectivity index (χ3n) is 10.5. The van der Waals surface area contributed by atoms with E-state index in [-0.39, 0.29) is 30.2 Å². The lowest BCUT2D eigenvalue weighted by molar-refractivity contribution is -0.159. The van der Waals surface area contributed by atoms with Crippen LogP contribution in [0.4, 0.5) is 21.0 Å². The van der Waals surface area contributed by atoms with Crippen LogP contribution in [0.5, 0.6) is 5.75 Å². The van der Waals surface area contributed by atoms with Gasteiger partial charge in [-0.05, 0) is 112 Å². The lowest BCUT2D eigenvalue weighted by Gasteiger charge is -2.40. The number of aliphatic carboxylic acids is 2. The molecule has 0 aliphatic carbocycles. The van der Waals surface area contributed by atoms with Gasteiger partial charge in [-0.1, -0.05) is 18.2 Å². The van der Waals surface area contributed by atoms with Crippen molar-refractivity contribution in [1.29, 1.82) is 0 Å². The number of carboxylic acids is 2. The zero-order valence-electron chi connectivity index (χ0n) is 32.8. The molecule has 2 atom stereocenters. The number of halogens is 2. The number of fused-ring (bicyclic) bond motifs is 1. The van der Waals surface area contributed by atoms with E-state index in [9.17, 15) is 24.3 Å². The highest BCUT2D eigenvalue weighted by Crippen LogP contribution is 2.34. The van der Waals surface area contributed by atoms with Crippen molar-refractivity contribution in [2.24, 2.45) is 5.73 Å². The van der Waals surface area contributed by atoms with Crippen LogP contribution in [0.15, 0.2) is 69.9 Å². The van der Waals surface area contributed by atoms with Gasteiger partial charge in [0.05, 0.1) is 8.95 Å². The molecule has 8 N–H and O–H groups in total. The number of para-hydroxylation sites is 1. The number of carbonyl (C=O) groups excluding carboxylic acids is 4. The van der Waals surface area contributed by atoms with Gasteiger partial charge in [0.2, 0.25) is 11.8 Å². The normalized spacial score (nSPS) is 16.4. The van der Waals surface area contributed by atoms with Crippen molar-refractivity contribution >= 4 is 79.0 Å². The monoisotopic (exact) mass is 957 g/mol. The molecule has 6 amide bonds. The van der Waals surface area contributed by atoms with Gasteiger partial charge in [-0.25, -0.2) is 19.2 Å². The van der Waals surface area contributed by atoms with E-state index in [1.807, 2.05) is 41.3 Å². The number of aromatic hydroxyl groups is 1. The number of piperazine rings is 1. The van der Waals surface area contributed by atoms with Crippen LogP contribution in [0.2, 0.25) is 0 Å². The lowest BCUT2D eigenvalue weighted by Crippen LogP contribution is -2.59. The minimum absolute atomic E-state index is 0.0205. The number of phenols is 1. The third-order valence-corrected chi connectivity index (χ3v) is 11.8. The molecule has 60 heavy (non-hydrogen) atoms. The molecule has 1 aromatic heterocycles. The Hall–Kier alpha value is -5.47. The number of phenolic OH excluding ortho intramolecular Hbond substituents is 1. The molecule has 2 aromatic carbocycles. The number of rotatable bonds is 12. The molecule has 0 unspecified atom stereocenters. The van der Waals surface area contributed by atoms with Crippen LogP contribution in [0, 0.1) is 0 Å². The first-order valence-electron chi connectivity index (χ1n) is 19.5. The summed E-state index contributed by atoms with van der Waals surface area (Å²) in [6, 6.07) is 12.6. The number of pyridine rings is 1. The van der Waals surface area contributed by atoms with Crippen LogP contribution in [0.25, 0.3) is 0 Å². The number of carboxylic acid groups (broad SMARTS) is 2. The van der Waals surface area contributed by atoms with E-state index in [0.717, 1.165) is 16.9 Å². The van der Waals surface area contributed by atoms with Crippen LogP contribution in [-0.2, 0) is 32.1 Å². The summed E-state index contributed by atoms with van der Waals surface area (Å²) in [6.07, 6.45) is 6.53. The standard InChI is InChI=1S/C38H47Br2N9O5.C2H2O4/c39-29-21-25(22-30(40)34(29)50)23-33(45-37(53)48-15-10-28(11-16-48)49-24-26-5-1-2-6-31(26)44-38(49)54)35(51)43-32(7-3-4-12-41)36(52)47-19-17-46(18-20-47)27-8-13-42-14-9-27;3-1(4)2(5)6/h1-2,5-6,8-9,13-14,21-22,28,32-33,50H,3-4,7,10-12,15-20,23-24,41H2,(H,43,51)(H,44,54)(H,45,53);(H,3,4)(H,5,6)/t32-,33+;/m0./s1. The fourth-order valence-corrected chi connectivity index (χ4v) is 8.58. The number of aromatic nitrogens is 1. The van der Waals surface area contributed by atoms with Crippen molar-refractivity contribution in [3.05, 3.63) is 81.0 Å². The molecule has 2 fully saturated rings. The third kappa shape index (κ3) is 12.3. The van der Waals surface area contributed by atoms with E-state index in [1.165, 1.54) is 0 Å². The average molecular weight is 960 g/mol. The number of hydrogen-bond acceptors (Lipinski definition) is 10. The maximum Gasteiger partial charge on any atom is 0.414 e. The maximum absolute atomic E-state index is 14.2. The smallest absolute Gasteiger partial charge is 0.414 e. The van der Waals surface area contributed by atoms with Crippen LogP contribution in [0.1, 0.15) is 43.2 Å². The summed E-state index contributed by atoms with van der Waals surface area (Å²) in [5, 5.41) is 34.0. The number of nitrogens with zero attached hydrogens (tertiary/aromatic N) is 5. The van der Waals surface area contributed by atoms with Crippen molar-refractivity contribution < 1.29 is 44.1 Å². The first-order chi connectivity index (χ1) is 28.7. The second-order valence-corrected chi connectivity index (χ2v) is 16.2. The van der Waals surface area contributed by atoms with Crippen molar-refractivity contribution in [2.45, 2.75) is 63.2 Å². The largest absolute Gasteiger partial charge is 0.506 e. The Balaban J connectivity index is 0.00000106. The molecule has 4 heterocycles. The van der Waals surface area contributed by atoms with Crippen molar-refractivity contribution in [3.8, 4) is 5.75 Å². The van der Waals surface area contributed by atoms with Gasteiger partial charge in [-0.3, -0.25) is 14.6 Å². The Kier molecular flexibility index (Phi) is 16.5. The van der Waals surface area contributed by atoms with E-state index >= 15 is 0 Å². The molecule has 0 bridgehead atoms. The van der Waals surface area contributed by atoms with Gasteiger partial charge >= 0.3 is 24.0 Å². The molecule has 322 valence electrons. The van der Waals surface area contributed by atoms with Crippen molar-refractivity contribution in [1.82, 2.24) is 30.3 Å². The molecule has 2 saturated heterocycles. The molecular weight excluding hydrogens is 910 g/mol. The summed E-state index contributed by atoms with van der Waals surface area (Å²) in [7, 11) is 0. The number of anilines is 2. The fourth-order valence-electron chi connectivity index (χ4n) is 7.30. The van der Waals surface area contributed by atoms with Crippen LogP contribution >= 0.6 is 31.9 Å². The topological polar surface area (TPSA) is 251 Å². The highest BCUT2D eigenvalue weighted by molar-refractivity contribution is 9.11. The van der Waals surface area contributed by atoms with E-state index in [2.05, 4.69) is 57.7 Å². The Morgan fingerprint density at radius 3 is 2.10 bits per heavy atom. The summed E-state index contributed by atoms with van der Waals surface area (Å²) in [6.45, 7) is 4.07. The number of benzene rings is 2. The number of urea groups is 2. The van der Waals surface area contributed by atoms with Crippen LogP contribution in [-0.4, -0.2) is 135 Å². The predicted molar refractivity (Wildman–Crippen MR) is 228 cm³/mol. The highest BCUT2D eigenvalue weighted by Gasteiger charge is 2.35. The first-order valence-corrected chi connectivity index (χ1v) is 21.1. The molecule has 3 aromatic rings. The number of piperidine rings is 1. The molecule has 18 nitrogen and oxygen atoms in total. The Bertz CT molecular complexity index is 1980. The lowest BCUT2D eigenvalue weighted by atomic mass is 10.0. The first kappa shape index (κ1) is 45.6.